The van der Waals surface area contributed by atoms with Gasteiger partial charge in [0.25, 0.3) is 0 Å². The molecule has 1 aromatic carbocycles. The first-order valence-electron chi connectivity index (χ1n) is 7.05. The van der Waals surface area contributed by atoms with Crippen LogP contribution in [0.4, 0.5) is 18.0 Å². The molecule has 2 aromatic rings. The van der Waals surface area contributed by atoms with Crippen LogP contribution in [0.1, 0.15) is 16.7 Å². The largest absolute Gasteiger partial charge is 0.481 e. The number of nitrogens with one attached hydrogen (secondary N) is 2. The molecule has 2 N–H and O–H groups in total. The molecule has 0 atom stereocenters. The fourth-order valence-electron chi connectivity index (χ4n) is 1.87. The molecular weight excluding hydrogens is 323 g/mol. The maximum atomic E-state index is 12.5. The van der Waals surface area contributed by atoms with Crippen molar-refractivity contribution in [3.63, 3.8) is 0 Å². The Morgan fingerprint density at radius 3 is 2.12 bits per heavy atom. The number of nitrogens with zero attached hydrogens (tertiary/aromatic N) is 1. The predicted molar refractivity (Wildman–Crippen MR) is 81.3 cm³/mol. The minimum atomic E-state index is -4.37. The second kappa shape index (κ2) is 7.67. The Bertz CT molecular complexity index is 670. The van der Waals surface area contributed by atoms with Gasteiger partial charge in [-0.15, -0.1) is 0 Å². The van der Waals surface area contributed by atoms with Gasteiger partial charge < -0.3 is 15.4 Å². The molecule has 0 aliphatic heterocycles. The van der Waals surface area contributed by atoms with Crippen molar-refractivity contribution in [2.24, 2.45) is 0 Å². The van der Waals surface area contributed by atoms with Gasteiger partial charge in [0.2, 0.25) is 5.88 Å². The number of rotatable bonds is 5. The Morgan fingerprint density at radius 1 is 1.04 bits per heavy atom. The average Bonchev–Trinajstić information content (AvgIpc) is 2.58. The Kier molecular flexibility index (Phi) is 5.62. The fraction of sp³-hybridized carbons (Fsp3) is 0.250. The summed E-state index contributed by atoms with van der Waals surface area (Å²) in [6.45, 7) is 0.403. The van der Waals surface area contributed by atoms with E-state index in [9.17, 15) is 18.0 Å². The van der Waals surface area contributed by atoms with E-state index in [4.69, 9.17) is 4.74 Å². The smallest absolute Gasteiger partial charge is 0.416 e. The van der Waals surface area contributed by atoms with Crippen molar-refractivity contribution in [1.29, 1.82) is 0 Å². The van der Waals surface area contributed by atoms with E-state index in [1.54, 1.807) is 18.3 Å². The quantitative estimate of drug-likeness (QED) is 0.880. The predicted octanol–water partition coefficient (Wildman–Crippen LogP) is 3.11. The van der Waals surface area contributed by atoms with Crippen LogP contribution >= 0.6 is 0 Å². The van der Waals surface area contributed by atoms with E-state index in [1.807, 2.05) is 0 Å². The summed E-state index contributed by atoms with van der Waals surface area (Å²) in [5, 5.41) is 5.21. The van der Waals surface area contributed by atoms with Gasteiger partial charge in [0.1, 0.15) is 0 Å². The number of methoxy groups -OCH3 is 1. The van der Waals surface area contributed by atoms with Crippen LogP contribution in [0.3, 0.4) is 0 Å². The van der Waals surface area contributed by atoms with Crippen molar-refractivity contribution < 1.29 is 22.7 Å². The zero-order valence-corrected chi connectivity index (χ0v) is 12.9. The standard InChI is InChI=1S/C16H16F3N3O2/c1-24-14-7-4-12(9-20-14)10-22-15(23)21-8-11-2-5-13(6-3-11)16(17,18)19/h2-7,9H,8,10H2,1H3,(H2,21,22,23). The summed E-state index contributed by atoms with van der Waals surface area (Å²) in [5.41, 5.74) is 0.646. The normalized spacial score (nSPS) is 11.0. The number of benzene rings is 1. The highest BCUT2D eigenvalue weighted by Crippen LogP contribution is 2.28. The van der Waals surface area contributed by atoms with Crippen molar-refractivity contribution >= 4 is 6.03 Å². The summed E-state index contributed by atoms with van der Waals surface area (Å²) in [6.07, 6.45) is -2.79. The lowest BCUT2D eigenvalue weighted by atomic mass is 10.1. The van der Waals surface area contributed by atoms with Gasteiger partial charge in [0, 0.05) is 25.4 Å². The number of hydrogen-bond acceptors (Lipinski definition) is 3. The molecule has 0 spiro atoms. The fourth-order valence-corrected chi connectivity index (χ4v) is 1.87. The van der Waals surface area contributed by atoms with E-state index in [1.165, 1.54) is 19.2 Å². The van der Waals surface area contributed by atoms with Crippen molar-refractivity contribution in [3.8, 4) is 5.88 Å². The highest BCUT2D eigenvalue weighted by Gasteiger charge is 2.29. The lowest BCUT2D eigenvalue weighted by molar-refractivity contribution is -0.137. The van der Waals surface area contributed by atoms with Crippen LogP contribution in [0, 0.1) is 0 Å². The molecular formula is C16H16F3N3O2. The molecule has 5 nitrogen and oxygen atoms in total. The maximum absolute atomic E-state index is 12.5. The molecule has 0 bridgehead atoms. The Morgan fingerprint density at radius 2 is 1.62 bits per heavy atom. The van der Waals surface area contributed by atoms with Gasteiger partial charge in [0.15, 0.2) is 0 Å². The van der Waals surface area contributed by atoms with Crippen molar-refractivity contribution in [2.75, 3.05) is 7.11 Å². The number of pyridine rings is 1. The summed E-state index contributed by atoms with van der Waals surface area (Å²) in [7, 11) is 1.51. The van der Waals surface area contributed by atoms with Gasteiger partial charge >= 0.3 is 12.2 Å². The molecule has 1 heterocycles. The number of amides is 2. The second-order valence-electron chi connectivity index (χ2n) is 4.94. The molecule has 2 amide bonds. The minimum Gasteiger partial charge on any atom is -0.481 e. The maximum Gasteiger partial charge on any atom is 0.416 e. The van der Waals surface area contributed by atoms with Crippen LogP contribution in [-0.2, 0) is 19.3 Å². The molecule has 8 heteroatoms. The first kappa shape index (κ1) is 17.6. The lowest BCUT2D eigenvalue weighted by Crippen LogP contribution is -2.34. The van der Waals surface area contributed by atoms with Gasteiger partial charge in [-0.3, -0.25) is 0 Å². The highest BCUT2D eigenvalue weighted by molar-refractivity contribution is 5.73. The molecule has 24 heavy (non-hydrogen) atoms. The van der Waals surface area contributed by atoms with Crippen LogP contribution in [0.25, 0.3) is 0 Å². The third-order valence-electron chi connectivity index (χ3n) is 3.19. The number of halogens is 3. The first-order valence-corrected chi connectivity index (χ1v) is 7.05. The summed E-state index contributed by atoms with van der Waals surface area (Å²) in [4.78, 5) is 15.7. The third kappa shape index (κ3) is 5.15. The molecule has 0 unspecified atom stereocenters. The topological polar surface area (TPSA) is 63.2 Å². The zero-order valence-electron chi connectivity index (χ0n) is 12.9. The van der Waals surface area contributed by atoms with Gasteiger partial charge in [-0.25, -0.2) is 9.78 Å². The molecule has 128 valence electrons. The van der Waals surface area contributed by atoms with E-state index < -0.39 is 17.8 Å². The van der Waals surface area contributed by atoms with E-state index in [-0.39, 0.29) is 13.1 Å². The Balaban J connectivity index is 1.78. The number of ether oxygens (including phenoxy) is 1. The van der Waals surface area contributed by atoms with Gasteiger partial charge in [-0.1, -0.05) is 18.2 Å². The monoisotopic (exact) mass is 339 g/mol. The van der Waals surface area contributed by atoms with Gasteiger partial charge in [0.05, 0.1) is 12.7 Å². The van der Waals surface area contributed by atoms with E-state index in [2.05, 4.69) is 15.6 Å². The minimum absolute atomic E-state index is 0.130. The van der Waals surface area contributed by atoms with Gasteiger partial charge in [-0.2, -0.15) is 13.2 Å². The van der Waals surface area contributed by atoms with Crippen LogP contribution in [0.2, 0.25) is 0 Å². The molecule has 0 radical (unpaired) electrons. The number of alkyl halides is 3. The van der Waals surface area contributed by atoms with E-state index >= 15 is 0 Å². The van der Waals surface area contributed by atoms with Crippen LogP contribution in [0.5, 0.6) is 5.88 Å². The van der Waals surface area contributed by atoms with Crippen molar-refractivity contribution in [3.05, 3.63) is 59.3 Å². The second-order valence-corrected chi connectivity index (χ2v) is 4.94. The summed E-state index contributed by atoms with van der Waals surface area (Å²) >= 11 is 0. The first-order chi connectivity index (χ1) is 11.4. The van der Waals surface area contributed by atoms with Gasteiger partial charge in [-0.05, 0) is 23.3 Å². The Labute approximate surface area is 136 Å². The van der Waals surface area contributed by atoms with Crippen LogP contribution in [-0.4, -0.2) is 18.1 Å². The Hall–Kier alpha value is -2.77. The molecule has 0 fully saturated rings. The molecule has 0 aliphatic carbocycles. The molecule has 1 aromatic heterocycles. The number of carbonyl (C=O) groups is 1. The van der Waals surface area contributed by atoms with E-state index in [0.29, 0.717) is 11.4 Å². The average molecular weight is 339 g/mol. The highest BCUT2D eigenvalue weighted by atomic mass is 19.4. The summed E-state index contributed by atoms with van der Waals surface area (Å²) in [6, 6.07) is 7.65. The molecule has 0 aliphatic rings. The number of aromatic nitrogens is 1. The molecule has 2 rings (SSSR count). The number of hydrogen-bond donors (Lipinski definition) is 2. The molecule has 0 saturated carbocycles. The summed E-state index contributed by atoms with van der Waals surface area (Å²) in [5.74, 6) is 0.477. The van der Waals surface area contributed by atoms with E-state index in [0.717, 1.165) is 17.7 Å². The molecule has 0 saturated heterocycles. The lowest BCUT2D eigenvalue weighted by Gasteiger charge is -2.10. The zero-order chi connectivity index (χ0) is 17.6. The third-order valence-corrected chi connectivity index (χ3v) is 3.19. The number of carbonyl (C=O) groups excluding carboxylic acids is 1. The van der Waals surface area contributed by atoms with Crippen LogP contribution in [0.15, 0.2) is 42.6 Å². The van der Waals surface area contributed by atoms with Crippen molar-refractivity contribution in [2.45, 2.75) is 19.3 Å². The summed E-state index contributed by atoms with van der Waals surface area (Å²) < 4.78 is 42.3. The van der Waals surface area contributed by atoms with Crippen LogP contribution < -0.4 is 15.4 Å². The number of urea groups is 1. The van der Waals surface area contributed by atoms with Crippen molar-refractivity contribution in [1.82, 2.24) is 15.6 Å². The SMILES string of the molecule is COc1ccc(CNC(=O)NCc2ccc(C(F)(F)F)cc2)cn1.